The number of hydrogen-bond donors (Lipinski definition) is 0. The van der Waals surface area contributed by atoms with E-state index in [2.05, 4.69) is 10.1 Å². The van der Waals surface area contributed by atoms with Crippen LogP contribution < -0.4 is 0 Å². The van der Waals surface area contributed by atoms with Crippen molar-refractivity contribution in [3.63, 3.8) is 0 Å². The third kappa shape index (κ3) is 2.08. The Morgan fingerprint density at radius 2 is 2.38 bits per heavy atom. The molecule has 0 unspecified atom stereocenters. The zero-order valence-electron chi connectivity index (χ0n) is 9.77. The van der Waals surface area contributed by atoms with Crippen LogP contribution in [0.4, 0.5) is 0 Å². The highest BCUT2D eigenvalue weighted by Crippen LogP contribution is 2.30. The van der Waals surface area contributed by atoms with Gasteiger partial charge in [0.15, 0.2) is 5.82 Å². The van der Waals surface area contributed by atoms with Gasteiger partial charge in [0, 0.05) is 13.0 Å². The average Bonchev–Trinajstić information content (AvgIpc) is 2.75. The lowest BCUT2D eigenvalue weighted by molar-refractivity contribution is -0.135. The lowest BCUT2D eigenvalue weighted by atomic mass is 10.0. The number of carbonyl (C=O) groups is 1. The van der Waals surface area contributed by atoms with E-state index in [1.807, 2.05) is 11.8 Å². The number of nitrogens with zero attached hydrogens (tertiary/aromatic N) is 3. The van der Waals surface area contributed by atoms with Gasteiger partial charge < -0.3 is 9.42 Å². The first-order valence-corrected chi connectivity index (χ1v) is 5.82. The van der Waals surface area contributed by atoms with E-state index in [9.17, 15) is 4.79 Å². The second-order valence-electron chi connectivity index (χ2n) is 4.13. The van der Waals surface area contributed by atoms with Gasteiger partial charge in [0.1, 0.15) is 6.04 Å². The smallest absolute Gasteiger partial charge is 0.249 e. The summed E-state index contributed by atoms with van der Waals surface area (Å²) in [6, 6.07) is -0.0117. The minimum absolute atomic E-state index is 0.0117. The van der Waals surface area contributed by atoms with Crippen LogP contribution in [0.5, 0.6) is 0 Å². The highest BCUT2D eigenvalue weighted by Gasteiger charge is 2.30. The predicted molar refractivity (Wildman–Crippen MR) is 57.6 cm³/mol. The van der Waals surface area contributed by atoms with E-state index in [0.717, 1.165) is 25.8 Å². The van der Waals surface area contributed by atoms with Crippen LogP contribution in [-0.2, 0) is 4.79 Å². The number of carbonyl (C=O) groups excluding carboxylic acids is 1. The molecule has 1 saturated heterocycles. The van der Waals surface area contributed by atoms with Crippen LogP contribution in [0, 0.1) is 6.92 Å². The molecule has 0 N–H and O–H groups in total. The summed E-state index contributed by atoms with van der Waals surface area (Å²) < 4.78 is 5.17. The average molecular weight is 223 g/mol. The second kappa shape index (κ2) is 4.63. The SMILES string of the molecule is CCC(=O)N1CCCC[C@H]1c1nc(C)no1. The second-order valence-corrected chi connectivity index (χ2v) is 4.13. The van der Waals surface area contributed by atoms with Crippen LogP contribution in [0.15, 0.2) is 4.52 Å². The van der Waals surface area contributed by atoms with E-state index >= 15 is 0 Å². The minimum Gasteiger partial charge on any atom is -0.337 e. The molecule has 0 aromatic carbocycles. The van der Waals surface area contributed by atoms with Crippen molar-refractivity contribution in [1.82, 2.24) is 15.0 Å². The summed E-state index contributed by atoms with van der Waals surface area (Å²) in [5.41, 5.74) is 0. The quantitative estimate of drug-likeness (QED) is 0.767. The molecule has 5 heteroatoms. The van der Waals surface area contributed by atoms with E-state index in [1.165, 1.54) is 0 Å². The topological polar surface area (TPSA) is 59.2 Å². The zero-order valence-corrected chi connectivity index (χ0v) is 9.77. The molecule has 0 radical (unpaired) electrons. The molecule has 2 heterocycles. The van der Waals surface area contributed by atoms with Gasteiger partial charge in [-0.1, -0.05) is 12.1 Å². The molecule has 0 saturated carbocycles. The number of amides is 1. The van der Waals surface area contributed by atoms with Gasteiger partial charge in [-0.05, 0) is 26.2 Å². The summed E-state index contributed by atoms with van der Waals surface area (Å²) in [7, 11) is 0. The summed E-state index contributed by atoms with van der Waals surface area (Å²) >= 11 is 0. The Labute approximate surface area is 94.8 Å². The Morgan fingerprint density at radius 1 is 1.56 bits per heavy atom. The molecule has 2 rings (SSSR count). The van der Waals surface area contributed by atoms with Gasteiger partial charge in [-0.15, -0.1) is 0 Å². The number of hydrogen-bond acceptors (Lipinski definition) is 4. The molecular formula is C11H17N3O2. The van der Waals surface area contributed by atoms with Crippen molar-refractivity contribution < 1.29 is 9.32 Å². The summed E-state index contributed by atoms with van der Waals surface area (Å²) in [5, 5.41) is 3.79. The summed E-state index contributed by atoms with van der Waals surface area (Å²) in [6.45, 7) is 4.48. The summed E-state index contributed by atoms with van der Waals surface area (Å²) in [6.07, 6.45) is 3.63. The Kier molecular flexibility index (Phi) is 3.22. The highest BCUT2D eigenvalue weighted by atomic mass is 16.5. The highest BCUT2D eigenvalue weighted by molar-refractivity contribution is 5.76. The van der Waals surface area contributed by atoms with Crippen LogP contribution >= 0.6 is 0 Å². The first kappa shape index (κ1) is 11.1. The van der Waals surface area contributed by atoms with Crippen molar-refractivity contribution in [3.05, 3.63) is 11.7 Å². The fourth-order valence-electron chi connectivity index (χ4n) is 2.14. The van der Waals surface area contributed by atoms with E-state index in [1.54, 1.807) is 6.92 Å². The molecule has 1 amide bonds. The Hall–Kier alpha value is -1.39. The van der Waals surface area contributed by atoms with E-state index in [4.69, 9.17) is 4.52 Å². The van der Waals surface area contributed by atoms with Gasteiger partial charge in [-0.2, -0.15) is 4.98 Å². The van der Waals surface area contributed by atoms with Gasteiger partial charge in [-0.25, -0.2) is 0 Å². The first-order valence-electron chi connectivity index (χ1n) is 5.82. The molecule has 1 aromatic heterocycles. The largest absolute Gasteiger partial charge is 0.337 e. The van der Waals surface area contributed by atoms with Gasteiger partial charge in [-0.3, -0.25) is 4.79 Å². The number of aryl methyl sites for hydroxylation is 1. The van der Waals surface area contributed by atoms with Crippen LogP contribution in [0.3, 0.4) is 0 Å². The molecule has 1 aliphatic heterocycles. The Bertz CT molecular complexity index is 375. The van der Waals surface area contributed by atoms with Gasteiger partial charge in [0.2, 0.25) is 11.8 Å². The first-order chi connectivity index (χ1) is 7.72. The Morgan fingerprint density at radius 3 is 3.00 bits per heavy atom. The third-order valence-electron chi connectivity index (χ3n) is 2.95. The maximum atomic E-state index is 11.8. The molecule has 0 bridgehead atoms. The van der Waals surface area contributed by atoms with E-state index in [-0.39, 0.29) is 11.9 Å². The lowest BCUT2D eigenvalue weighted by Crippen LogP contribution is -2.38. The predicted octanol–water partition coefficient (Wildman–Crippen LogP) is 1.84. The van der Waals surface area contributed by atoms with Crippen molar-refractivity contribution in [3.8, 4) is 0 Å². The van der Waals surface area contributed by atoms with Crippen molar-refractivity contribution in [2.45, 2.75) is 45.6 Å². The molecule has 88 valence electrons. The van der Waals surface area contributed by atoms with E-state index in [0.29, 0.717) is 18.1 Å². The molecule has 1 aliphatic rings. The normalized spacial score (nSPS) is 21.1. The maximum absolute atomic E-state index is 11.8. The van der Waals surface area contributed by atoms with Gasteiger partial charge in [0.25, 0.3) is 0 Å². The molecule has 0 aliphatic carbocycles. The van der Waals surface area contributed by atoms with Crippen molar-refractivity contribution in [2.75, 3.05) is 6.54 Å². The number of rotatable bonds is 2. The van der Waals surface area contributed by atoms with Crippen LogP contribution in [0.2, 0.25) is 0 Å². The fourth-order valence-corrected chi connectivity index (χ4v) is 2.14. The molecular weight excluding hydrogens is 206 g/mol. The van der Waals surface area contributed by atoms with Gasteiger partial charge in [0.05, 0.1) is 0 Å². The fraction of sp³-hybridized carbons (Fsp3) is 0.727. The molecule has 0 spiro atoms. The molecule has 1 atom stereocenters. The minimum atomic E-state index is -0.0117. The van der Waals surface area contributed by atoms with Crippen molar-refractivity contribution in [1.29, 1.82) is 0 Å². The zero-order chi connectivity index (χ0) is 11.5. The number of likely N-dealkylation sites (tertiary alicyclic amines) is 1. The molecule has 5 nitrogen and oxygen atoms in total. The van der Waals surface area contributed by atoms with Crippen LogP contribution in [0.25, 0.3) is 0 Å². The lowest BCUT2D eigenvalue weighted by Gasteiger charge is -2.33. The van der Waals surface area contributed by atoms with Gasteiger partial charge >= 0.3 is 0 Å². The monoisotopic (exact) mass is 223 g/mol. The number of aromatic nitrogens is 2. The molecule has 16 heavy (non-hydrogen) atoms. The molecule has 1 fully saturated rings. The summed E-state index contributed by atoms with van der Waals surface area (Å²) in [5.74, 6) is 1.38. The maximum Gasteiger partial charge on any atom is 0.249 e. The standard InChI is InChI=1S/C11H17N3O2/c1-3-10(15)14-7-5-4-6-9(14)11-12-8(2)13-16-11/h9H,3-7H2,1-2H3/t9-/m0/s1. The number of piperidine rings is 1. The Balaban J connectivity index is 2.19. The van der Waals surface area contributed by atoms with Crippen molar-refractivity contribution >= 4 is 5.91 Å². The molecule has 1 aromatic rings. The van der Waals surface area contributed by atoms with Crippen LogP contribution in [-0.4, -0.2) is 27.5 Å². The van der Waals surface area contributed by atoms with Crippen molar-refractivity contribution in [2.24, 2.45) is 0 Å². The summed E-state index contributed by atoms with van der Waals surface area (Å²) in [4.78, 5) is 17.9. The van der Waals surface area contributed by atoms with Crippen LogP contribution in [0.1, 0.15) is 50.4 Å². The third-order valence-corrected chi connectivity index (χ3v) is 2.95. The van der Waals surface area contributed by atoms with E-state index < -0.39 is 0 Å².